The first-order valence-corrected chi connectivity index (χ1v) is 8.06. The summed E-state index contributed by atoms with van der Waals surface area (Å²) in [5.74, 6) is 0.362. The first-order chi connectivity index (χ1) is 10.5. The number of nitrogens with zero attached hydrogens (tertiary/aromatic N) is 1. The van der Waals surface area contributed by atoms with E-state index < -0.39 is 15.9 Å². The number of amides is 1. The SMILES string of the molecule is O=C(O)N1CCOc2ccc(S(=O)(=O)c3ccccc3)cc21. The first-order valence-electron chi connectivity index (χ1n) is 6.57. The van der Waals surface area contributed by atoms with Gasteiger partial charge in [0.15, 0.2) is 0 Å². The van der Waals surface area contributed by atoms with E-state index in [1.807, 2.05) is 0 Å². The smallest absolute Gasteiger partial charge is 0.412 e. The van der Waals surface area contributed by atoms with Crippen molar-refractivity contribution in [2.24, 2.45) is 0 Å². The Morgan fingerprint density at radius 3 is 2.50 bits per heavy atom. The average Bonchev–Trinajstić information content (AvgIpc) is 2.54. The van der Waals surface area contributed by atoms with Crippen LogP contribution in [0.25, 0.3) is 0 Å². The molecule has 22 heavy (non-hydrogen) atoms. The molecule has 0 saturated carbocycles. The molecule has 114 valence electrons. The number of hydrogen-bond donors (Lipinski definition) is 1. The van der Waals surface area contributed by atoms with E-state index in [1.165, 1.54) is 30.3 Å². The summed E-state index contributed by atoms with van der Waals surface area (Å²) in [7, 11) is -3.70. The Kier molecular flexibility index (Phi) is 3.50. The van der Waals surface area contributed by atoms with Gasteiger partial charge in [-0.15, -0.1) is 0 Å². The molecule has 1 N–H and O–H groups in total. The predicted molar refractivity (Wildman–Crippen MR) is 79.2 cm³/mol. The number of rotatable bonds is 2. The second-order valence-electron chi connectivity index (χ2n) is 4.73. The van der Waals surface area contributed by atoms with Gasteiger partial charge in [0.25, 0.3) is 0 Å². The number of carbonyl (C=O) groups is 1. The third-order valence-corrected chi connectivity index (χ3v) is 5.16. The Morgan fingerprint density at radius 2 is 1.82 bits per heavy atom. The van der Waals surface area contributed by atoms with Crippen molar-refractivity contribution in [1.82, 2.24) is 0 Å². The maximum absolute atomic E-state index is 12.6. The van der Waals surface area contributed by atoms with Crippen LogP contribution in [0, 0.1) is 0 Å². The second kappa shape index (κ2) is 5.34. The molecule has 0 saturated heterocycles. The van der Waals surface area contributed by atoms with Crippen molar-refractivity contribution in [3.63, 3.8) is 0 Å². The van der Waals surface area contributed by atoms with Crippen molar-refractivity contribution in [3.05, 3.63) is 48.5 Å². The highest BCUT2D eigenvalue weighted by atomic mass is 32.2. The molecular weight excluding hydrogens is 306 g/mol. The van der Waals surface area contributed by atoms with Crippen molar-refractivity contribution in [1.29, 1.82) is 0 Å². The Morgan fingerprint density at radius 1 is 1.09 bits per heavy atom. The third kappa shape index (κ3) is 2.39. The topological polar surface area (TPSA) is 83.9 Å². The van der Waals surface area contributed by atoms with Crippen LogP contribution in [-0.2, 0) is 9.84 Å². The maximum Gasteiger partial charge on any atom is 0.412 e. The van der Waals surface area contributed by atoms with Crippen molar-refractivity contribution < 1.29 is 23.1 Å². The van der Waals surface area contributed by atoms with Crippen LogP contribution in [0.4, 0.5) is 10.5 Å². The highest BCUT2D eigenvalue weighted by Crippen LogP contribution is 2.35. The zero-order valence-electron chi connectivity index (χ0n) is 11.5. The minimum Gasteiger partial charge on any atom is -0.490 e. The predicted octanol–water partition coefficient (Wildman–Crippen LogP) is 2.40. The van der Waals surface area contributed by atoms with Gasteiger partial charge < -0.3 is 9.84 Å². The van der Waals surface area contributed by atoms with E-state index in [0.717, 1.165) is 4.90 Å². The lowest BCUT2D eigenvalue weighted by molar-refractivity contribution is 0.196. The summed E-state index contributed by atoms with van der Waals surface area (Å²) in [6, 6.07) is 12.3. The molecule has 7 heteroatoms. The Balaban J connectivity index is 2.11. The molecule has 3 rings (SSSR count). The molecule has 1 heterocycles. The van der Waals surface area contributed by atoms with Crippen LogP contribution in [0.15, 0.2) is 58.3 Å². The summed E-state index contributed by atoms with van der Waals surface area (Å²) in [6.45, 7) is 0.404. The van der Waals surface area contributed by atoms with Crippen LogP contribution in [0.5, 0.6) is 5.75 Å². The molecular formula is C15H13NO5S. The van der Waals surface area contributed by atoms with Gasteiger partial charge in [-0.3, -0.25) is 4.90 Å². The Labute approximate surface area is 127 Å². The third-order valence-electron chi connectivity index (χ3n) is 3.39. The molecule has 0 aromatic heterocycles. The molecule has 0 unspecified atom stereocenters. The zero-order valence-corrected chi connectivity index (χ0v) is 12.3. The van der Waals surface area contributed by atoms with Crippen LogP contribution in [0.1, 0.15) is 0 Å². The summed E-state index contributed by atoms with van der Waals surface area (Å²) in [5.41, 5.74) is 0.246. The lowest BCUT2D eigenvalue weighted by atomic mass is 10.2. The number of hydrogen-bond acceptors (Lipinski definition) is 4. The average molecular weight is 319 g/mol. The number of carboxylic acid groups (broad SMARTS) is 1. The van der Waals surface area contributed by atoms with Gasteiger partial charge >= 0.3 is 6.09 Å². The summed E-state index contributed by atoms with van der Waals surface area (Å²) in [5, 5.41) is 9.22. The van der Waals surface area contributed by atoms with Gasteiger partial charge in [0.2, 0.25) is 9.84 Å². The van der Waals surface area contributed by atoms with E-state index in [2.05, 4.69) is 0 Å². The standard InChI is InChI=1S/C15H13NO5S/c17-15(18)16-8-9-21-14-7-6-12(10-13(14)16)22(19,20)11-4-2-1-3-5-11/h1-7,10H,8-9H2,(H,17,18). The Hall–Kier alpha value is -2.54. The summed E-state index contributed by atoms with van der Waals surface area (Å²) < 4.78 is 30.6. The van der Waals surface area contributed by atoms with Crippen LogP contribution in [0.2, 0.25) is 0 Å². The maximum atomic E-state index is 12.6. The zero-order chi connectivity index (χ0) is 15.7. The lowest BCUT2D eigenvalue weighted by Gasteiger charge is -2.27. The molecule has 2 aromatic carbocycles. The quantitative estimate of drug-likeness (QED) is 0.919. The minimum atomic E-state index is -3.70. The number of ether oxygens (including phenoxy) is 1. The molecule has 0 aliphatic carbocycles. The molecule has 1 aliphatic heterocycles. The summed E-state index contributed by atoms with van der Waals surface area (Å²) in [4.78, 5) is 12.6. The van der Waals surface area contributed by atoms with E-state index in [0.29, 0.717) is 5.75 Å². The molecule has 0 spiro atoms. The van der Waals surface area contributed by atoms with Crippen molar-refractivity contribution in [3.8, 4) is 5.75 Å². The number of fused-ring (bicyclic) bond motifs is 1. The summed E-state index contributed by atoms with van der Waals surface area (Å²) in [6.07, 6.45) is -1.14. The highest BCUT2D eigenvalue weighted by molar-refractivity contribution is 7.91. The van der Waals surface area contributed by atoms with E-state index in [1.54, 1.807) is 18.2 Å². The van der Waals surface area contributed by atoms with Crippen LogP contribution in [0.3, 0.4) is 0 Å². The van der Waals surface area contributed by atoms with E-state index in [9.17, 15) is 18.3 Å². The van der Waals surface area contributed by atoms with E-state index in [-0.39, 0.29) is 28.6 Å². The van der Waals surface area contributed by atoms with Crippen molar-refractivity contribution >= 4 is 21.6 Å². The van der Waals surface area contributed by atoms with Gasteiger partial charge in [0.05, 0.1) is 22.0 Å². The van der Waals surface area contributed by atoms with Gasteiger partial charge in [-0.2, -0.15) is 0 Å². The molecule has 0 atom stereocenters. The van der Waals surface area contributed by atoms with Gasteiger partial charge in [0, 0.05) is 0 Å². The number of benzene rings is 2. The van der Waals surface area contributed by atoms with Gasteiger partial charge in [-0.05, 0) is 30.3 Å². The number of anilines is 1. The van der Waals surface area contributed by atoms with E-state index >= 15 is 0 Å². The lowest BCUT2D eigenvalue weighted by Crippen LogP contribution is -2.36. The monoisotopic (exact) mass is 319 g/mol. The van der Waals surface area contributed by atoms with Crippen LogP contribution in [-0.4, -0.2) is 32.8 Å². The molecule has 1 amide bonds. The summed E-state index contributed by atoms with van der Waals surface area (Å²) >= 11 is 0. The fraction of sp³-hybridized carbons (Fsp3) is 0.133. The highest BCUT2D eigenvalue weighted by Gasteiger charge is 2.26. The van der Waals surface area contributed by atoms with Gasteiger partial charge in [-0.25, -0.2) is 13.2 Å². The van der Waals surface area contributed by atoms with Gasteiger partial charge in [0.1, 0.15) is 12.4 Å². The first kappa shape index (κ1) is 14.4. The molecule has 0 radical (unpaired) electrons. The van der Waals surface area contributed by atoms with Gasteiger partial charge in [-0.1, -0.05) is 18.2 Å². The van der Waals surface area contributed by atoms with Crippen LogP contribution >= 0.6 is 0 Å². The van der Waals surface area contributed by atoms with Crippen LogP contribution < -0.4 is 9.64 Å². The normalized spacial score (nSPS) is 14.1. The van der Waals surface area contributed by atoms with E-state index in [4.69, 9.17) is 4.74 Å². The fourth-order valence-corrected chi connectivity index (χ4v) is 3.60. The molecule has 0 bridgehead atoms. The number of sulfone groups is 1. The van der Waals surface area contributed by atoms with Crippen molar-refractivity contribution in [2.45, 2.75) is 9.79 Å². The van der Waals surface area contributed by atoms with Crippen molar-refractivity contribution in [2.75, 3.05) is 18.1 Å². The fourth-order valence-electron chi connectivity index (χ4n) is 2.30. The minimum absolute atomic E-state index is 0.0363. The second-order valence-corrected chi connectivity index (χ2v) is 6.68. The Bertz CT molecular complexity index is 817. The molecule has 1 aliphatic rings. The molecule has 2 aromatic rings. The largest absolute Gasteiger partial charge is 0.490 e. The molecule has 0 fully saturated rings. The molecule has 6 nitrogen and oxygen atoms in total.